The van der Waals surface area contributed by atoms with Crippen LogP contribution < -0.4 is 16.6 Å². The molecule has 1 atom stereocenters. The molecule has 0 radical (unpaired) electrons. The number of nitrogens with two attached hydrogens (primary N) is 1. The van der Waals surface area contributed by atoms with Gasteiger partial charge in [-0.1, -0.05) is 23.2 Å². The number of hydrogen-bond donors (Lipinski definition) is 4. The van der Waals surface area contributed by atoms with Gasteiger partial charge in [0, 0.05) is 6.04 Å². The maximum atomic E-state index is 8.87. The maximum absolute atomic E-state index is 8.87. The Hall–Kier alpha value is -0.750. The minimum absolute atomic E-state index is 0.0218. The van der Waals surface area contributed by atoms with Crippen molar-refractivity contribution in [3.8, 4) is 0 Å². The molecule has 0 saturated carbocycles. The first-order valence-electron chi connectivity index (χ1n) is 4.28. The van der Waals surface area contributed by atoms with Crippen LogP contribution in [0.2, 0.25) is 10.0 Å². The number of halogens is 2. The largest absolute Gasteiger partial charge is 0.394 e. The zero-order chi connectivity index (χ0) is 11.4. The average Bonchev–Trinajstić information content (AvgIpc) is 2.21. The van der Waals surface area contributed by atoms with Crippen molar-refractivity contribution in [1.82, 2.24) is 4.98 Å². The number of anilines is 2. The van der Waals surface area contributed by atoms with Gasteiger partial charge in [-0.3, -0.25) is 0 Å². The number of aromatic nitrogens is 1. The first kappa shape index (κ1) is 12.3. The molecule has 0 amide bonds. The summed E-state index contributed by atoms with van der Waals surface area (Å²) in [6, 6.07) is 1.37. The van der Waals surface area contributed by atoms with Crippen molar-refractivity contribution in [3.63, 3.8) is 0 Å². The van der Waals surface area contributed by atoms with Crippen molar-refractivity contribution >= 4 is 34.8 Å². The van der Waals surface area contributed by atoms with Crippen LogP contribution in [0.1, 0.15) is 6.92 Å². The van der Waals surface area contributed by atoms with Crippen molar-refractivity contribution in [2.45, 2.75) is 13.0 Å². The molecule has 7 heteroatoms. The van der Waals surface area contributed by atoms with E-state index in [4.69, 9.17) is 34.2 Å². The zero-order valence-corrected chi connectivity index (χ0v) is 9.60. The summed E-state index contributed by atoms with van der Waals surface area (Å²) in [5, 5.41) is 12.5. The molecular weight excluding hydrogens is 239 g/mol. The molecule has 0 aliphatic carbocycles. The van der Waals surface area contributed by atoms with E-state index in [1.54, 1.807) is 6.92 Å². The van der Waals surface area contributed by atoms with Crippen molar-refractivity contribution in [3.05, 3.63) is 16.1 Å². The van der Waals surface area contributed by atoms with Crippen LogP contribution in [0, 0.1) is 0 Å². The highest BCUT2D eigenvalue weighted by molar-refractivity contribution is 6.37. The fourth-order valence-electron chi connectivity index (χ4n) is 0.948. The third-order valence-corrected chi connectivity index (χ3v) is 2.30. The van der Waals surface area contributed by atoms with Crippen LogP contribution in [0.3, 0.4) is 0 Å². The Balaban J connectivity index is 2.97. The van der Waals surface area contributed by atoms with Crippen LogP contribution in [-0.4, -0.2) is 22.7 Å². The third kappa shape index (κ3) is 3.10. The van der Waals surface area contributed by atoms with Crippen LogP contribution >= 0.6 is 23.2 Å². The van der Waals surface area contributed by atoms with Gasteiger partial charge in [-0.2, -0.15) is 0 Å². The molecule has 1 heterocycles. The highest BCUT2D eigenvalue weighted by Gasteiger charge is 2.10. The molecule has 5 N–H and O–H groups in total. The normalized spacial score (nSPS) is 12.3. The predicted octanol–water partition coefficient (Wildman–Crippen LogP) is 1.47. The van der Waals surface area contributed by atoms with E-state index >= 15 is 0 Å². The number of hydrogen-bond acceptors (Lipinski definition) is 5. The Kier molecular flexibility index (Phi) is 4.41. The van der Waals surface area contributed by atoms with Gasteiger partial charge in [0.2, 0.25) is 0 Å². The lowest BCUT2D eigenvalue weighted by Gasteiger charge is -2.14. The van der Waals surface area contributed by atoms with E-state index in [9.17, 15) is 0 Å². The molecule has 0 spiro atoms. The Morgan fingerprint density at radius 1 is 1.47 bits per heavy atom. The van der Waals surface area contributed by atoms with E-state index in [-0.39, 0.29) is 12.6 Å². The van der Waals surface area contributed by atoms with E-state index in [1.165, 1.54) is 6.07 Å². The summed E-state index contributed by atoms with van der Waals surface area (Å²) in [7, 11) is 0. The van der Waals surface area contributed by atoms with Gasteiger partial charge in [0.15, 0.2) is 5.82 Å². The fraction of sp³-hybridized carbons (Fsp3) is 0.375. The van der Waals surface area contributed by atoms with Gasteiger partial charge < -0.3 is 15.8 Å². The van der Waals surface area contributed by atoms with Gasteiger partial charge in [0.05, 0.1) is 16.7 Å². The lowest BCUT2D eigenvalue weighted by atomic mass is 10.3. The van der Waals surface area contributed by atoms with Crippen LogP contribution in [-0.2, 0) is 0 Å². The SMILES string of the molecule is CC(CO)Nc1nc(NN)c(Cl)cc1Cl. The van der Waals surface area contributed by atoms with Crippen molar-refractivity contribution < 1.29 is 5.11 Å². The van der Waals surface area contributed by atoms with Crippen LogP contribution in [0.4, 0.5) is 11.6 Å². The Bertz CT molecular complexity index is 348. The predicted molar refractivity (Wildman–Crippen MR) is 62.2 cm³/mol. The molecular formula is C8H12Cl2N4O. The minimum atomic E-state index is -0.151. The summed E-state index contributed by atoms with van der Waals surface area (Å²) in [5.74, 6) is 5.97. The van der Waals surface area contributed by atoms with Crippen LogP contribution in [0.15, 0.2) is 6.07 Å². The summed E-state index contributed by atoms with van der Waals surface area (Å²) in [5.41, 5.74) is 2.35. The third-order valence-electron chi connectivity index (χ3n) is 1.72. The zero-order valence-electron chi connectivity index (χ0n) is 8.09. The Labute approximate surface area is 97.6 Å². The molecule has 0 aliphatic heterocycles. The summed E-state index contributed by atoms with van der Waals surface area (Å²) < 4.78 is 0. The van der Waals surface area contributed by atoms with E-state index in [1.807, 2.05) is 0 Å². The number of aliphatic hydroxyl groups is 1. The second kappa shape index (κ2) is 5.37. The number of pyridine rings is 1. The highest BCUT2D eigenvalue weighted by Crippen LogP contribution is 2.28. The number of nitrogens with one attached hydrogen (secondary N) is 2. The van der Waals surface area contributed by atoms with Gasteiger partial charge >= 0.3 is 0 Å². The molecule has 0 saturated heterocycles. The molecule has 15 heavy (non-hydrogen) atoms. The quantitative estimate of drug-likeness (QED) is 0.481. The van der Waals surface area contributed by atoms with Gasteiger partial charge in [0.1, 0.15) is 5.82 Å². The number of rotatable bonds is 4. The second-order valence-electron chi connectivity index (χ2n) is 3.02. The lowest BCUT2D eigenvalue weighted by molar-refractivity contribution is 0.281. The molecule has 1 rings (SSSR count). The second-order valence-corrected chi connectivity index (χ2v) is 3.84. The monoisotopic (exact) mass is 250 g/mol. The van der Waals surface area contributed by atoms with Crippen LogP contribution in [0.5, 0.6) is 0 Å². The van der Waals surface area contributed by atoms with Gasteiger partial charge in [0.25, 0.3) is 0 Å². The smallest absolute Gasteiger partial charge is 0.161 e. The number of nitrogens with zero attached hydrogens (tertiary/aromatic N) is 1. The van der Waals surface area contributed by atoms with Crippen molar-refractivity contribution in [1.29, 1.82) is 0 Å². The first-order chi connectivity index (χ1) is 7.08. The summed E-state index contributed by atoms with van der Waals surface area (Å²) in [6.45, 7) is 1.77. The number of nitrogen functional groups attached to an aromatic ring is 1. The number of aliphatic hydroxyl groups excluding tert-OH is 1. The average molecular weight is 251 g/mol. The summed E-state index contributed by atoms with van der Waals surface area (Å²) in [4.78, 5) is 4.06. The molecule has 1 unspecified atom stereocenters. The van der Waals surface area contributed by atoms with E-state index in [2.05, 4.69) is 15.7 Å². The molecule has 1 aromatic rings. The minimum Gasteiger partial charge on any atom is -0.394 e. The summed E-state index contributed by atoms with van der Waals surface area (Å²) >= 11 is 11.7. The van der Waals surface area contributed by atoms with Crippen molar-refractivity contribution in [2.75, 3.05) is 17.3 Å². The fourth-order valence-corrected chi connectivity index (χ4v) is 1.42. The molecule has 1 aromatic heterocycles. The maximum Gasteiger partial charge on any atom is 0.161 e. The van der Waals surface area contributed by atoms with Crippen molar-refractivity contribution in [2.24, 2.45) is 5.84 Å². The standard InChI is InChI=1S/C8H12Cl2N4O/c1-4(3-15)12-7-5(9)2-6(10)8(13-7)14-11/h2,4,15H,3,11H2,1H3,(H2,12,13,14). The highest BCUT2D eigenvalue weighted by atomic mass is 35.5. The number of hydrazine groups is 1. The summed E-state index contributed by atoms with van der Waals surface area (Å²) in [6.07, 6.45) is 0. The molecule has 0 aliphatic rings. The van der Waals surface area contributed by atoms with Gasteiger partial charge in [-0.05, 0) is 13.0 Å². The molecule has 0 fully saturated rings. The molecule has 0 aromatic carbocycles. The molecule has 0 bridgehead atoms. The first-order valence-corrected chi connectivity index (χ1v) is 5.04. The topological polar surface area (TPSA) is 83.2 Å². The van der Waals surface area contributed by atoms with E-state index in [0.29, 0.717) is 21.7 Å². The molecule has 5 nitrogen and oxygen atoms in total. The van der Waals surface area contributed by atoms with Gasteiger partial charge in [-0.25, -0.2) is 10.8 Å². The Morgan fingerprint density at radius 3 is 2.60 bits per heavy atom. The Morgan fingerprint density at radius 2 is 2.07 bits per heavy atom. The van der Waals surface area contributed by atoms with E-state index in [0.717, 1.165) is 0 Å². The molecule has 84 valence electrons. The lowest BCUT2D eigenvalue weighted by Crippen LogP contribution is -2.21. The van der Waals surface area contributed by atoms with E-state index < -0.39 is 0 Å². The van der Waals surface area contributed by atoms with Crippen LogP contribution in [0.25, 0.3) is 0 Å². The van der Waals surface area contributed by atoms with Gasteiger partial charge in [-0.15, -0.1) is 0 Å².